The van der Waals surface area contributed by atoms with Gasteiger partial charge in [-0.3, -0.25) is 14.4 Å². The number of benzene rings is 2. The van der Waals surface area contributed by atoms with Crippen LogP contribution in [0.3, 0.4) is 0 Å². The van der Waals surface area contributed by atoms with E-state index in [1.807, 2.05) is 24.3 Å². The van der Waals surface area contributed by atoms with Gasteiger partial charge in [-0.15, -0.1) is 0 Å². The molecular formula is C30H36N2O9. The van der Waals surface area contributed by atoms with Crippen LogP contribution < -0.4 is 18.9 Å². The number of ether oxygens (including phenoxy) is 4. The Morgan fingerprint density at radius 2 is 1.24 bits per heavy atom. The normalized spacial score (nSPS) is 14.2. The Balaban J connectivity index is 1.30. The molecule has 11 nitrogen and oxygen atoms in total. The van der Waals surface area contributed by atoms with Crippen molar-refractivity contribution in [2.24, 2.45) is 5.92 Å². The first-order valence-electron chi connectivity index (χ1n) is 13.6. The molecule has 0 spiro atoms. The Labute approximate surface area is 238 Å². The molecule has 0 fully saturated rings. The summed E-state index contributed by atoms with van der Waals surface area (Å²) < 4.78 is 23.0. The Bertz CT molecular complexity index is 1310. The van der Waals surface area contributed by atoms with Crippen LogP contribution in [0.1, 0.15) is 54.9 Å². The second-order valence-electron chi connectivity index (χ2n) is 10.2. The van der Waals surface area contributed by atoms with Crippen LogP contribution in [0.5, 0.6) is 23.0 Å². The van der Waals surface area contributed by atoms with Gasteiger partial charge in [0, 0.05) is 51.9 Å². The number of amides is 2. The fraction of sp³-hybridized carbons (Fsp3) is 0.467. The summed E-state index contributed by atoms with van der Waals surface area (Å²) in [5.41, 5.74) is 3.87. The summed E-state index contributed by atoms with van der Waals surface area (Å²) in [6, 6.07) is 7.52. The number of fused-ring (bicyclic) bond motifs is 2. The van der Waals surface area contributed by atoms with Crippen molar-refractivity contribution in [2.75, 3.05) is 27.4 Å². The molecule has 2 amide bonds. The number of hydrogen-bond donors (Lipinski definition) is 1. The molecule has 2 aromatic carbocycles. The van der Waals surface area contributed by atoms with E-state index < -0.39 is 11.9 Å². The molecule has 2 heterocycles. The van der Waals surface area contributed by atoms with Crippen molar-refractivity contribution >= 4 is 24.1 Å². The molecule has 1 N–H and O–H groups in total. The van der Waals surface area contributed by atoms with Crippen LogP contribution in [0.2, 0.25) is 0 Å². The maximum atomic E-state index is 12.6. The average Bonchev–Trinajstić information content (AvgIpc) is 3.58. The van der Waals surface area contributed by atoms with Gasteiger partial charge in [0.05, 0.1) is 33.4 Å². The van der Waals surface area contributed by atoms with Crippen LogP contribution in [-0.2, 0) is 45.4 Å². The summed E-state index contributed by atoms with van der Waals surface area (Å²) in [5.74, 6) is 0.317. The Morgan fingerprint density at radius 3 is 1.66 bits per heavy atom. The minimum Gasteiger partial charge on any atom is -0.493 e. The monoisotopic (exact) mass is 568 g/mol. The molecule has 11 heteroatoms. The van der Waals surface area contributed by atoms with Crippen LogP contribution >= 0.6 is 0 Å². The fourth-order valence-electron chi connectivity index (χ4n) is 4.95. The summed E-state index contributed by atoms with van der Waals surface area (Å²) in [5, 5.41) is 9.11. The van der Waals surface area contributed by atoms with E-state index in [9.17, 15) is 19.2 Å². The van der Waals surface area contributed by atoms with Crippen molar-refractivity contribution in [3.05, 3.63) is 46.5 Å². The molecule has 2 aliphatic heterocycles. The quantitative estimate of drug-likeness (QED) is 0.269. The molecule has 4 rings (SSSR count). The van der Waals surface area contributed by atoms with E-state index in [1.54, 1.807) is 24.0 Å². The molecule has 2 aliphatic rings. The van der Waals surface area contributed by atoms with Gasteiger partial charge in [-0.1, -0.05) is 6.92 Å². The van der Waals surface area contributed by atoms with E-state index in [1.165, 1.54) is 6.92 Å². The van der Waals surface area contributed by atoms with Gasteiger partial charge in [0.1, 0.15) is 6.29 Å². The Morgan fingerprint density at radius 1 is 0.805 bits per heavy atom. The number of aliphatic carboxylic acids is 1. The number of hydrogen-bond acceptors (Lipinski definition) is 8. The zero-order chi connectivity index (χ0) is 29.5. The predicted molar refractivity (Wildman–Crippen MR) is 147 cm³/mol. The number of carboxylic acids is 1. The smallest absolute Gasteiger partial charge is 0.306 e. The van der Waals surface area contributed by atoms with Gasteiger partial charge in [0.2, 0.25) is 11.8 Å². The van der Waals surface area contributed by atoms with E-state index >= 15 is 0 Å². The number of aldehydes is 1. The number of carbonyl (C=O) groups excluding carboxylic acids is 3. The van der Waals surface area contributed by atoms with Crippen molar-refractivity contribution in [3.63, 3.8) is 0 Å². The number of carbonyl (C=O) groups is 4. The summed E-state index contributed by atoms with van der Waals surface area (Å²) in [4.78, 5) is 50.0. The molecule has 0 aliphatic carbocycles. The molecule has 2 aromatic rings. The van der Waals surface area contributed by atoms with Crippen molar-refractivity contribution in [2.45, 2.75) is 58.8 Å². The zero-order valence-corrected chi connectivity index (χ0v) is 23.6. The highest BCUT2D eigenvalue weighted by molar-refractivity contribution is 5.82. The highest BCUT2D eigenvalue weighted by atomic mass is 16.5. The molecule has 220 valence electrons. The highest BCUT2D eigenvalue weighted by Gasteiger charge is 2.28. The van der Waals surface area contributed by atoms with E-state index in [2.05, 4.69) is 0 Å². The van der Waals surface area contributed by atoms with E-state index in [0.717, 1.165) is 28.5 Å². The predicted octanol–water partition coefficient (Wildman–Crippen LogP) is 3.33. The molecule has 0 radical (unpaired) electrons. The fourth-order valence-corrected chi connectivity index (χ4v) is 4.95. The Hall–Kier alpha value is -4.28. The van der Waals surface area contributed by atoms with Crippen molar-refractivity contribution in [1.82, 2.24) is 9.80 Å². The summed E-state index contributed by atoms with van der Waals surface area (Å²) in [6.07, 6.45) is 1.71. The maximum Gasteiger partial charge on any atom is 0.306 e. The van der Waals surface area contributed by atoms with Gasteiger partial charge >= 0.3 is 5.97 Å². The molecule has 0 unspecified atom stereocenters. The zero-order valence-electron chi connectivity index (χ0n) is 23.6. The van der Waals surface area contributed by atoms with Gasteiger partial charge < -0.3 is 38.6 Å². The number of carboxylic acid groups (broad SMARTS) is 1. The van der Waals surface area contributed by atoms with Crippen molar-refractivity contribution in [1.29, 1.82) is 0 Å². The summed E-state index contributed by atoms with van der Waals surface area (Å²) >= 11 is 0. The summed E-state index contributed by atoms with van der Waals surface area (Å²) in [7, 11) is 3.13. The summed E-state index contributed by atoms with van der Waals surface area (Å²) in [6.45, 7) is 4.00. The third-order valence-corrected chi connectivity index (χ3v) is 7.30. The molecule has 41 heavy (non-hydrogen) atoms. The molecule has 0 saturated carbocycles. The van der Waals surface area contributed by atoms with E-state index in [-0.39, 0.29) is 31.1 Å². The Kier molecular flexibility index (Phi) is 9.69. The molecule has 1 atom stereocenters. The third-order valence-electron chi connectivity index (χ3n) is 7.30. The first-order valence-corrected chi connectivity index (χ1v) is 13.6. The molecular weight excluding hydrogens is 532 g/mol. The standard InChI is InChI=1S/C30H36N2O9/c1-19(30(36)37)10-29(35)32-17-21-12-25(39-3)27(14-23(21)18-32)41-9-5-8-40-26-13-22-16-31(28(34)6-4-7-33)15-20(22)11-24(26)38-2/h7,11-14,19H,4-6,8-10,15-18H2,1-3H3,(H,36,37)/t19-/m0/s1. The maximum absolute atomic E-state index is 12.6. The lowest BCUT2D eigenvalue weighted by molar-refractivity contribution is -0.145. The average molecular weight is 569 g/mol. The molecule has 0 aromatic heterocycles. The first-order chi connectivity index (χ1) is 19.7. The number of rotatable bonds is 14. The lowest BCUT2D eigenvalue weighted by Gasteiger charge is -2.16. The van der Waals surface area contributed by atoms with Crippen LogP contribution in [-0.4, -0.2) is 66.4 Å². The third kappa shape index (κ3) is 7.08. The lowest BCUT2D eigenvalue weighted by atomic mass is 10.1. The van der Waals surface area contributed by atoms with Gasteiger partial charge in [0.25, 0.3) is 0 Å². The topological polar surface area (TPSA) is 132 Å². The molecule has 0 bridgehead atoms. The lowest BCUT2D eigenvalue weighted by Crippen LogP contribution is -2.28. The SMILES string of the molecule is COc1cc2c(cc1OCCCOc1cc3c(cc1OC)CN(C(=O)C[C@H](C)C(=O)O)C3)CN(C(=O)CCC=O)C2. The highest BCUT2D eigenvalue weighted by Crippen LogP contribution is 2.37. The van der Waals surface area contributed by atoms with Crippen molar-refractivity contribution in [3.8, 4) is 23.0 Å². The van der Waals surface area contributed by atoms with Gasteiger partial charge in [0.15, 0.2) is 23.0 Å². The van der Waals surface area contributed by atoms with E-state index in [4.69, 9.17) is 24.1 Å². The molecule has 0 saturated heterocycles. The minimum absolute atomic E-state index is 0.0450. The van der Waals surface area contributed by atoms with Crippen LogP contribution in [0.25, 0.3) is 0 Å². The minimum atomic E-state index is -0.989. The van der Waals surface area contributed by atoms with Gasteiger partial charge in [-0.25, -0.2) is 0 Å². The van der Waals surface area contributed by atoms with Crippen LogP contribution in [0, 0.1) is 5.92 Å². The van der Waals surface area contributed by atoms with Crippen LogP contribution in [0.4, 0.5) is 0 Å². The second-order valence-corrected chi connectivity index (χ2v) is 10.2. The van der Waals surface area contributed by atoms with Crippen molar-refractivity contribution < 1.29 is 43.2 Å². The number of methoxy groups -OCH3 is 2. The van der Waals surface area contributed by atoms with Gasteiger partial charge in [-0.2, -0.15) is 0 Å². The first kappa shape index (κ1) is 29.7. The number of nitrogens with zero attached hydrogens (tertiary/aromatic N) is 2. The second kappa shape index (κ2) is 13.4. The van der Waals surface area contributed by atoms with E-state index in [0.29, 0.717) is 68.8 Å². The largest absolute Gasteiger partial charge is 0.493 e. The van der Waals surface area contributed by atoms with Crippen LogP contribution in [0.15, 0.2) is 24.3 Å². The van der Waals surface area contributed by atoms with Gasteiger partial charge in [-0.05, 0) is 46.5 Å².